The van der Waals surface area contributed by atoms with E-state index in [1.807, 2.05) is 18.2 Å². The van der Waals surface area contributed by atoms with Crippen molar-refractivity contribution in [2.24, 2.45) is 5.92 Å². The Morgan fingerprint density at radius 3 is 2.53 bits per heavy atom. The number of hydrogen-bond acceptors (Lipinski definition) is 4. The number of imide groups is 1. The predicted molar refractivity (Wildman–Crippen MR) is 126 cm³/mol. The van der Waals surface area contributed by atoms with Crippen LogP contribution in [0.2, 0.25) is 0 Å². The van der Waals surface area contributed by atoms with Crippen molar-refractivity contribution < 1.29 is 14.4 Å². The van der Waals surface area contributed by atoms with Gasteiger partial charge in [-0.25, -0.2) is 0 Å². The molecule has 0 spiro atoms. The summed E-state index contributed by atoms with van der Waals surface area (Å²) in [6, 6.07) is 15.7. The van der Waals surface area contributed by atoms with Gasteiger partial charge in [-0.2, -0.15) is 0 Å². The second-order valence-electron chi connectivity index (χ2n) is 8.69. The molecule has 6 nitrogen and oxygen atoms in total. The van der Waals surface area contributed by atoms with Crippen LogP contribution in [0.3, 0.4) is 0 Å². The summed E-state index contributed by atoms with van der Waals surface area (Å²) in [4.78, 5) is 39.9. The first kappa shape index (κ1) is 22.7. The highest BCUT2D eigenvalue weighted by Crippen LogP contribution is 2.44. The second kappa shape index (κ2) is 9.55. The van der Waals surface area contributed by atoms with Crippen molar-refractivity contribution in [3.63, 3.8) is 0 Å². The van der Waals surface area contributed by atoms with Crippen molar-refractivity contribution in [2.45, 2.75) is 37.6 Å². The monoisotopic (exact) mass is 497 g/mol. The highest BCUT2D eigenvalue weighted by Gasteiger charge is 2.50. The molecule has 2 aliphatic heterocycles. The summed E-state index contributed by atoms with van der Waals surface area (Å²) in [6.45, 7) is 2.65. The molecule has 2 heterocycles. The second-order valence-corrected chi connectivity index (χ2v) is 9.60. The smallest absolute Gasteiger partial charge is 0.251 e. The number of nitrogens with one attached hydrogen (secondary N) is 2. The van der Waals surface area contributed by atoms with Crippen LogP contribution in [0.1, 0.15) is 47.2 Å². The quantitative estimate of drug-likeness (QED) is 0.620. The minimum atomic E-state index is -0.790. The van der Waals surface area contributed by atoms with E-state index in [4.69, 9.17) is 0 Å². The van der Waals surface area contributed by atoms with Gasteiger partial charge in [0.05, 0.1) is 5.41 Å². The zero-order valence-corrected chi connectivity index (χ0v) is 19.8. The van der Waals surface area contributed by atoms with Gasteiger partial charge < -0.3 is 5.32 Å². The van der Waals surface area contributed by atoms with E-state index < -0.39 is 5.41 Å². The largest absolute Gasteiger partial charge is 0.355 e. The lowest BCUT2D eigenvalue weighted by atomic mass is 9.62. The SMILES string of the molecule is CNC(=O)c1cccc(C2(C3CCN(Cc4ccc(Br)cc4)CC3)CCC(=O)NC2=O)c1. The van der Waals surface area contributed by atoms with Crippen LogP contribution in [0.5, 0.6) is 0 Å². The Bertz CT molecular complexity index is 1020. The standard InChI is InChI=1S/C25H28BrN3O3/c1-27-23(31)18-3-2-4-20(15-18)25(12-9-22(30)28-24(25)32)19-10-13-29(14-11-19)16-17-5-7-21(26)8-6-17/h2-8,15,19H,9-14,16H2,1H3,(H,27,31)(H,28,30,32). The van der Waals surface area contributed by atoms with Crippen LogP contribution in [0.25, 0.3) is 0 Å². The molecule has 0 saturated carbocycles. The van der Waals surface area contributed by atoms with E-state index >= 15 is 0 Å². The maximum absolute atomic E-state index is 13.3. The number of nitrogens with zero attached hydrogens (tertiary/aromatic N) is 1. The number of benzene rings is 2. The van der Waals surface area contributed by atoms with Crippen LogP contribution >= 0.6 is 15.9 Å². The van der Waals surface area contributed by atoms with Crippen molar-refractivity contribution in [1.82, 2.24) is 15.5 Å². The van der Waals surface area contributed by atoms with Gasteiger partial charge in [-0.1, -0.05) is 40.2 Å². The minimum Gasteiger partial charge on any atom is -0.355 e. The van der Waals surface area contributed by atoms with Crippen molar-refractivity contribution in [3.05, 3.63) is 69.7 Å². The molecule has 0 aromatic heterocycles. The number of likely N-dealkylation sites (tertiary alicyclic amines) is 1. The molecule has 2 saturated heterocycles. The first-order valence-electron chi connectivity index (χ1n) is 11.1. The zero-order chi connectivity index (χ0) is 22.7. The Kier molecular flexibility index (Phi) is 6.76. The normalized spacial score (nSPS) is 22.4. The maximum Gasteiger partial charge on any atom is 0.251 e. The molecule has 168 valence electrons. The molecule has 2 fully saturated rings. The summed E-state index contributed by atoms with van der Waals surface area (Å²) in [5.74, 6) is -0.523. The van der Waals surface area contributed by atoms with Gasteiger partial charge in [0.2, 0.25) is 11.8 Å². The lowest BCUT2D eigenvalue weighted by molar-refractivity contribution is -0.140. The van der Waals surface area contributed by atoms with Gasteiger partial charge in [0.1, 0.15) is 0 Å². The van der Waals surface area contributed by atoms with Gasteiger partial charge in [0, 0.05) is 30.0 Å². The van der Waals surface area contributed by atoms with E-state index in [2.05, 4.69) is 55.7 Å². The van der Waals surface area contributed by atoms with Crippen LogP contribution in [0, 0.1) is 5.92 Å². The van der Waals surface area contributed by atoms with E-state index in [1.54, 1.807) is 13.1 Å². The Labute approximate surface area is 196 Å². The number of hydrogen-bond donors (Lipinski definition) is 2. The summed E-state index contributed by atoms with van der Waals surface area (Å²) in [5, 5.41) is 5.24. The van der Waals surface area contributed by atoms with Crippen molar-refractivity contribution in [1.29, 1.82) is 0 Å². The molecule has 2 aromatic rings. The molecule has 0 aliphatic carbocycles. The Morgan fingerprint density at radius 2 is 1.88 bits per heavy atom. The molecule has 2 N–H and O–H groups in total. The molecule has 4 rings (SSSR count). The first-order valence-corrected chi connectivity index (χ1v) is 11.9. The third kappa shape index (κ3) is 4.50. The average Bonchev–Trinajstić information content (AvgIpc) is 2.81. The van der Waals surface area contributed by atoms with Gasteiger partial charge in [-0.3, -0.25) is 24.6 Å². The minimum absolute atomic E-state index is 0.108. The van der Waals surface area contributed by atoms with Crippen LogP contribution < -0.4 is 10.6 Å². The molecule has 3 amide bonds. The van der Waals surface area contributed by atoms with Gasteiger partial charge in [0.15, 0.2) is 0 Å². The van der Waals surface area contributed by atoms with Crippen molar-refractivity contribution >= 4 is 33.7 Å². The molecule has 0 bridgehead atoms. The van der Waals surface area contributed by atoms with E-state index in [0.717, 1.165) is 42.5 Å². The molecule has 32 heavy (non-hydrogen) atoms. The van der Waals surface area contributed by atoms with Crippen molar-refractivity contribution in [2.75, 3.05) is 20.1 Å². The topological polar surface area (TPSA) is 78.5 Å². The zero-order valence-electron chi connectivity index (χ0n) is 18.2. The van der Waals surface area contributed by atoms with E-state index in [1.165, 1.54) is 5.56 Å². The lowest BCUT2D eigenvalue weighted by Gasteiger charge is -2.45. The van der Waals surface area contributed by atoms with Gasteiger partial charge >= 0.3 is 0 Å². The van der Waals surface area contributed by atoms with Crippen LogP contribution in [-0.2, 0) is 21.5 Å². The van der Waals surface area contributed by atoms with E-state index in [9.17, 15) is 14.4 Å². The van der Waals surface area contributed by atoms with Crippen LogP contribution in [-0.4, -0.2) is 42.8 Å². The maximum atomic E-state index is 13.3. The van der Waals surface area contributed by atoms with Gasteiger partial charge in [-0.05, 0) is 73.7 Å². The van der Waals surface area contributed by atoms with E-state index in [-0.39, 0.29) is 23.6 Å². The fourth-order valence-corrected chi connectivity index (χ4v) is 5.40. The number of piperidine rings is 2. The molecule has 0 radical (unpaired) electrons. The number of carbonyl (C=O) groups is 3. The van der Waals surface area contributed by atoms with Gasteiger partial charge in [-0.15, -0.1) is 0 Å². The van der Waals surface area contributed by atoms with E-state index in [0.29, 0.717) is 18.4 Å². The summed E-state index contributed by atoms with van der Waals surface area (Å²) < 4.78 is 1.07. The fourth-order valence-electron chi connectivity index (χ4n) is 5.14. The fraction of sp³-hybridized carbons (Fsp3) is 0.400. The predicted octanol–water partition coefficient (Wildman–Crippen LogP) is 3.40. The van der Waals surface area contributed by atoms with Crippen LogP contribution in [0.4, 0.5) is 0 Å². The highest BCUT2D eigenvalue weighted by atomic mass is 79.9. The number of rotatable bonds is 5. The third-order valence-corrected chi connectivity index (χ3v) is 7.40. The summed E-state index contributed by atoms with van der Waals surface area (Å²) in [6.07, 6.45) is 2.52. The Morgan fingerprint density at radius 1 is 1.16 bits per heavy atom. The number of carbonyl (C=O) groups excluding carboxylic acids is 3. The Balaban J connectivity index is 1.57. The summed E-state index contributed by atoms with van der Waals surface area (Å²) in [7, 11) is 1.60. The number of halogens is 1. The molecule has 2 aliphatic rings. The molecular weight excluding hydrogens is 470 g/mol. The average molecular weight is 498 g/mol. The third-order valence-electron chi connectivity index (χ3n) is 6.88. The van der Waals surface area contributed by atoms with Gasteiger partial charge in [0.25, 0.3) is 5.91 Å². The summed E-state index contributed by atoms with van der Waals surface area (Å²) in [5.41, 5.74) is 1.83. The molecule has 2 aromatic carbocycles. The lowest BCUT2D eigenvalue weighted by Crippen LogP contribution is -2.57. The first-order chi connectivity index (χ1) is 15.4. The molecule has 7 heteroatoms. The molecular formula is C25H28BrN3O3. The van der Waals surface area contributed by atoms with Crippen molar-refractivity contribution in [3.8, 4) is 0 Å². The molecule has 1 atom stereocenters. The Hall–Kier alpha value is -2.51. The summed E-state index contributed by atoms with van der Waals surface area (Å²) >= 11 is 3.48. The highest BCUT2D eigenvalue weighted by molar-refractivity contribution is 9.10. The number of amides is 3. The van der Waals surface area contributed by atoms with Crippen LogP contribution in [0.15, 0.2) is 53.0 Å². The molecule has 1 unspecified atom stereocenters.